The number of hydrogen-bond acceptors (Lipinski definition) is 4. The fourth-order valence-electron chi connectivity index (χ4n) is 3.87. The van der Waals surface area contributed by atoms with Crippen LogP contribution in [-0.2, 0) is 19.6 Å². The fraction of sp³-hybridized carbons (Fsp3) is 0.571. The highest BCUT2D eigenvalue weighted by Gasteiger charge is 2.28. The molecule has 0 N–H and O–H groups in total. The van der Waals surface area contributed by atoms with Crippen LogP contribution in [0, 0.1) is 5.92 Å². The van der Waals surface area contributed by atoms with Crippen molar-refractivity contribution in [2.24, 2.45) is 5.92 Å². The second-order valence-corrected chi connectivity index (χ2v) is 9.70. The number of morpholine rings is 1. The lowest BCUT2D eigenvalue weighted by Crippen LogP contribution is -2.45. The van der Waals surface area contributed by atoms with Crippen LogP contribution in [0.4, 0.5) is 0 Å². The molecule has 2 aliphatic rings. The number of ether oxygens (including phenoxy) is 1. The van der Waals surface area contributed by atoms with Crippen LogP contribution in [0.5, 0.6) is 0 Å². The first kappa shape index (κ1) is 21.0. The number of nitrogens with zero attached hydrogens (tertiary/aromatic N) is 2. The summed E-state index contributed by atoms with van der Waals surface area (Å²) < 4.78 is 32.0. The molecule has 2 fully saturated rings. The Kier molecular flexibility index (Phi) is 6.91. The summed E-state index contributed by atoms with van der Waals surface area (Å²) in [6.07, 6.45) is 6.66. The number of carbonyl (C=O) groups excluding carboxylic acids is 1. The maximum absolute atomic E-state index is 12.7. The van der Waals surface area contributed by atoms with E-state index in [0.717, 1.165) is 24.9 Å². The van der Waals surface area contributed by atoms with Gasteiger partial charge in [-0.05, 0) is 49.0 Å². The third-order valence-corrected chi connectivity index (χ3v) is 7.42. The number of hydrogen-bond donors (Lipinski definition) is 0. The van der Waals surface area contributed by atoms with Crippen molar-refractivity contribution in [1.29, 1.82) is 0 Å². The number of amides is 1. The number of piperidine rings is 1. The van der Waals surface area contributed by atoms with E-state index in [9.17, 15) is 13.2 Å². The zero-order valence-electron chi connectivity index (χ0n) is 16.7. The van der Waals surface area contributed by atoms with Gasteiger partial charge in [0.2, 0.25) is 15.9 Å². The van der Waals surface area contributed by atoms with Crippen LogP contribution in [0.25, 0.3) is 6.08 Å². The minimum atomic E-state index is -3.49. The summed E-state index contributed by atoms with van der Waals surface area (Å²) in [7, 11) is -3.49. The van der Waals surface area contributed by atoms with E-state index in [-0.39, 0.29) is 10.8 Å². The van der Waals surface area contributed by atoms with Gasteiger partial charge in [0, 0.05) is 31.8 Å². The van der Waals surface area contributed by atoms with E-state index in [1.54, 1.807) is 36.4 Å². The number of likely N-dealkylation sites (tertiary alicyclic amines) is 1. The van der Waals surface area contributed by atoms with E-state index in [1.165, 1.54) is 10.7 Å². The summed E-state index contributed by atoms with van der Waals surface area (Å²) in [5, 5.41) is 0. The van der Waals surface area contributed by atoms with Gasteiger partial charge < -0.3 is 9.64 Å². The zero-order chi connectivity index (χ0) is 20.1. The predicted molar refractivity (Wildman–Crippen MR) is 109 cm³/mol. The van der Waals surface area contributed by atoms with Crippen molar-refractivity contribution in [3.05, 3.63) is 35.9 Å². The van der Waals surface area contributed by atoms with Gasteiger partial charge in [-0.25, -0.2) is 8.42 Å². The smallest absolute Gasteiger partial charge is 0.246 e. The van der Waals surface area contributed by atoms with Gasteiger partial charge in [-0.2, -0.15) is 4.31 Å². The number of sulfonamides is 1. The first-order chi connectivity index (χ1) is 13.4. The van der Waals surface area contributed by atoms with Crippen molar-refractivity contribution in [1.82, 2.24) is 9.21 Å². The molecule has 3 rings (SSSR count). The summed E-state index contributed by atoms with van der Waals surface area (Å²) in [5.74, 6) is 0.478. The van der Waals surface area contributed by atoms with Crippen LogP contribution >= 0.6 is 0 Å². The lowest BCUT2D eigenvalue weighted by Gasteiger charge is -2.37. The van der Waals surface area contributed by atoms with Gasteiger partial charge in [0.05, 0.1) is 18.1 Å². The Labute approximate surface area is 168 Å². The van der Waals surface area contributed by atoms with E-state index in [4.69, 9.17) is 4.74 Å². The molecule has 0 bridgehead atoms. The van der Waals surface area contributed by atoms with E-state index in [2.05, 4.69) is 13.8 Å². The van der Waals surface area contributed by atoms with Gasteiger partial charge in [0.15, 0.2) is 0 Å². The molecule has 2 saturated heterocycles. The van der Waals surface area contributed by atoms with Crippen LogP contribution in [0.15, 0.2) is 35.2 Å². The van der Waals surface area contributed by atoms with Crippen molar-refractivity contribution in [2.45, 2.75) is 44.0 Å². The second-order valence-electron chi connectivity index (χ2n) is 7.76. The zero-order valence-corrected chi connectivity index (χ0v) is 17.5. The molecular formula is C21H30N2O4S. The highest BCUT2D eigenvalue weighted by molar-refractivity contribution is 7.89. The van der Waals surface area contributed by atoms with E-state index in [1.807, 2.05) is 4.90 Å². The summed E-state index contributed by atoms with van der Waals surface area (Å²) in [4.78, 5) is 14.9. The summed E-state index contributed by atoms with van der Waals surface area (Å²) in [6, 6.07) is 6.99. The SMILES string of the molecule is CC(C)C1CCCCN1C(=O)/C=C/c1ccc(S(=O)(=O)N2CCOCC2)cc1. The van der Waals surface area contributed by atoms with Gasteiger partial charge in [-0.1, -0.05) is 26.0 Å². The number of carbonyl (C=O) groups is 1. The first-order valence-corrected chi connectivity index (χ1v) is 11.5. The molecule has 0 radical (unpaired) electrons. The van der Waals surface area contributed by atoms with Crippen LogP contribution in [-0.4, -0.2) is 62.4 Å². The topological polar surface area (TPSA) is 66.9 Å². The van der Waals surface area contributed by atoms with Gasteiger partial charge in [-0.3, -0.25) is 4.79 Å². The maximum atomic E-state index is 12.7. The molecule has 0 spiro atoms. The number of benzene rings is 1. The first-order valence-electron chi connectivity index (χ1n) is 10.1. The van der Waals surface area contributed by atoms with Crippen molar-refractivity contribution >= 4 is 22.0 Å². The average Bonchev–Trinajstić information content (AvgIpc) is 2.73. The molecule has 7 heteroatoms. The van der Waals surface area contributed by atoms with E-state index in [0.29, 0.717) is 38.3 Å². The Balaban J connectivity index is 1.67. The lowest BCUT2D eigenvalue weighted by atomic mass is 9.92. The Morgan fingerprint density at radius 2 is 1.79 bits per heavy atom. The molecule has 154 valence electrons. The second kappa shape index (κ2) is 9.20. The molecule has 0 saturated carbocycles. The highest BCUT2D eigenvalue weighted by atomic mass is 32.2. The van der Waals surface area contributed by atoms with Crippen molar-refractivity contribution < 1.29 is 17.9 Å². The third kappa shape index (κ3) is 4.82. The molecule has 1 amide bonds. The van der Waals surface area contributed by atoms with E-state index >= 15 is 0 Å². The monoisotopic (exact) mass is 406 g/mol. The van der Waals surface area contributed by atoms with Gasteiger partial charge >= 0.3 is 0 Å². The van der Waals surface area contributed by atoms with Crippen molar-refractivity contribution in [2.75, 3.05) is 32.8 Å². The van der Waals surface area contributed by atoms with Crippen LogP contribution in [0.1, 0.15) is 38.7 Å². The Hall–Kier alpha value is -1.70. The van der Waals surface area contributed by atoms with Crippen LogP contribution in [0.2, 0.25) is 0 Å². The quantitative estimate of drug-likeness (QED) is 0.705. The molecule has 0 aliphatic carbocycles. The molecule has 1 unspecified atom stereocenters. The lowest BCUT2D eigenvalue weighted by molar-refractivity contribution is -0.130. The third-order valence-electron chi connectivity index (χ3n) is 5.51. The molecule has 28 heavy (non-hydrogen) atoms. The summed E-state index contributed by atoms with van der Waals surface area (Å²) in [5.41, 5.74) is 0.812. The summed E-state index contributed by atoms with van der Waals surface area (Å²) in [6.45, 7) is 6.74. The van der Waals surface area contributed by atoms with Crippen LogP contribution < -0.4 is 0 Å². The molecule has 2 aliphatic heterocycles. The molecule has 1 aromatic rings. The van der Waals surface area contributed by atoms with E-state index < -0.39 is 10.0 Å². The highest BCUT2D eigenvalue weighted by Crippen LogP contribution is 2.24. The molecule has 1 aromatic carbocycles. The predicted octanol–water partition coefficient (Wildman–Crippen LogP) is 2.76. The molecule has 1 atom stereocenters. The molecule has 6 nitrogen and oxygen atoms in total. The van der Waals surface area contributed by atoms with Gasteiger partial charge in [-0.15, -0.1) is 0 Å². The van der Waals surface area contributed by atoms with Gasteiger partial charge in [0.1, 0.15) is 0 Å². The fourth-order valence-corrected chi connectivity index (χ4v) is 5.28. The average molecular weight is 407 g/mol. The standard InChI is InChI=1S/C21H30N2O4S/c1-17(2)20-5-3-4-12-23(20)21(24)11-8-18-6-9-19(10-7-18)28(25,26)22-13-15-27-16-14-22/h6-11,17,20H,3-5,12-16H2,1-2H3/b11-8+. The Bertz CT molecular complexity index is 796. The van der Waals surface area contributed by atoms with Crippen molar-refractivity contribution in [3.8, 4) is 0 Å². The minimum Gasteiger partial charge on any atom is -0.379 e. The molecule has 2 heterocycles. The normalized spacial score (nSPS) is 22.1. The maximum Gasteiger partial charge on any atom is 0.246 e. The summed E-state index contributed by atoms with van der Waals surface area (Å²) >= 11 is 0. The molecule has 0 aromatic heterocycles. The van der Waals surface area contributed by atoms with Crippen LogP contribution in [0.3, 0.4) is 0 Å². The number of rotatable bonds is 5. The minimum absolute atomic E-state index is 0.0309. The largest absolute Gasteiger partial charge is 0.379 e. The van der Waals surface area contributed by atoms with Crippen molar-refractivity contribution in [3.63, 3.8) is 0 Å². The Morgan fingerprint density at radius 1 is 1.11 bits per heavy atom. The Morgan fingerprint density at radius 3 is 2.43 bits per heavy atom. The van der Waals surface area contributed by atoms with Gasteiger partial charge in [0.25, 0.3) is 0 Å². The molecular weight excluding hydrogens is 376 g/mol.